The number of rotatable bonds is 6. The molecule has 0 aromatic carbocycles. The van der Waals surface area contributed by atoms with Crippen LogP contribution in [0.3, 0.4) is 0 Å². The first-order chi connectivity index (χ1) is 18.5. The first kappa shape index (κ1) is 29.9. The number of carbonyl (C=O) groups excluding carboxylic acids is 2. The van der Waals surface area contributed by atoms with Crippen LogP contribution in [-0.2, 0) is 31.2 Å². The van der Waals surface area contributed by atoms with Gasteiger partial charge in [-0.2, -0.15) is 0 Å². The van der Waals surface area contributed by atoms with Gasteiger partial charge in [0.05, 0.1) is 38.8 Å². The SMILES string of the molecule is Cc1cc(F)cnc1C(=O)Cc1ccc(F)c([C@@]2(C)N=C(CC(=O)OC(C)(C)C)C(C)(C)[S@@]3(=O)=NCCC[C@H]23)n1. The summed E-state index contributed by atoms with van der Waals surface area (Å²) in [5.74, 6) is -2.15. The van der Waals surface area contributed by atoms with Gasteiger partial charge < -0.3 is 4.74 Å². The van der Waals surface area contributed by atoms with E-state index in [1.807, 2.05) is 0 Å². The molecule has 2 aromatic rings. The third-order valence-corrected chi connectivity index (χ3v) is 11.2. The van der Waals surface area contributed by atoms with Gasteiger partial charge in [0.2, 0.25) is 0 Å². The summed E-state index contributed by atoms with van der Waals surface area (Å²) >= 11 is 0. The number of ether oxygens (including phenoxy) is 1. The zero-order valence-electron chi connectivity index (χ0n) is 24.0. The molecule has 0 amide bonds. The molecular weight excluding hydrogens is 538 g/mol. The fourth-order valence-corrected chi connectivity index (χ4v) is 8.82. The maximum Gasteiger partial charge on any atom is 0.312 e. The average molecular weight is 575 g/mol. The lowest BCUT2D eigenvalue weighted by molar-refractivity contribution is -0.153. The van der Waals surface area contributed by atoms with Crippen molar-refractivity contribution < 1.29 is 27.3 Å². The molecule has 2 aliphatic rings. The van der Waals surface area contributed by atoms with E-state index >= 15 is 4.39 Å². The molecule has 4 heterocycles. The molecule has 11 heteroatoms. The highest BCUT2D eigenvalue weighted by molar-refractivity contribution is 7.96. The summed E-state index contributed by atoms with van der Waals surface area (Å²) < 4.78 is 52.8. The number of hydrogen-bond donors (Lipinski definition) is 0. The number of fused-ring (bicyclic) bond motifs is 1. The molecule has 0 radical (unpaired) electrons. The lowest BCUT2D eigenvalue weighted by atomic mass is 9.87. The van der Waals surface area contributed by atoms with Crippen molar-refractivity contribution in [2.75, 3.05) is 6.54 Å². The molecule has 4 rings (SSSR count). The maximum absolute atomic E-state index is 15.6. The third-order valence-electron chi connectivity index (χ3n) is 7.48. The summed E-state index contributed by atoms with van der Waals surface area (Å²) in [7, 11) is -3.04. The Morgan fingerprint density at radius 1 is 1.15 bits per heavy atom. The van der Waals surface area contributed by atoms with E-state index in [4.69, 9.17) is 9.73 Å². The third kappa shape index (κ3) is 5.44. The second kappa shape index (κ2) is 10.4. The van der Waals surface area contributed by atoms with E-state index < -0.39 is 54.3 Å². The Morgan fingerprint density at radius 3 is 2.50 bits per heavy atom. The van der Waals surface area contributed by atoms with Gasteiger partial charge in [-0.25, -0.2) is 22.3 Å². The number of carbonyl (C=O) groups is 2. The zero-order valence-corrected chi connectivity index (χ0v) is 24.8. The maximum atomic E-state index is 15.6. The molecule has 2 aromatic heterocycles. The molecule has 0 unspecified atom stereocenters. The summed E-state index contributed by atoms with van der Waals surface area (Å²) in [5.41, 5.74) is -1.15. The second-order valence-corrected chi connectivity index (χ2v) is 15.1. The highest BCUT2D eigenvalue weighted by Crippen LogP contribution is 2.48. The molecular formula is C29H36F2N4O4S. The highest BCUT2D eigenvalue weighted by atomic mass is 32.2. The minimum absolute atomic E-state index is 0.0615. The van der Waals surface area contributed by atoms with Crippen LogP contribution in [0.4, 0.5) is 8.78 Å². The van der Waals surface area contributed by atoms with Crippen LogP contribution in [0.15, 0.2) is 33.8 Å². The molecule has 216 valence electrons. The molecule has 40 heavy (non-hydrogen) atoms. The lowest BCUT2D eigenvalue weighted by Crippen LogP contribution is -2.59. The lowest BCUT2D eigenvalue weighted by Gasteiger charge is -2.48. The summed E-state index contributed by atoms with van der Waals surface area (Å²) in [5, 5.41) is -0.667. The standard InChI is InChI=1S/C29H36F2N4O4S/c1-17-13-18(30)16-32-25(17)21(36)14-19-10-11-20(31)26(34-19)29(7)23-9-8-12-33-40(23,38)28(5,6)22(35-29)15-24(37)39-27(2,3)4/h10-11,13,16,23H,8-9,12,14-15H2,1-7H3/t23-,29+,40-/m1/s1. The quantitative estimate of drug-likeness (QED) is 0.342. The number of Topliss-reactive ketones (excluding diaryl/α,β-unsaturated/α-hetero) is 1. The van der Waals surface area contributed by atoms with E-state index in [0.717, 1.165) is 6.20 Å². The van der Waals surface area contributed by atoms with Crippen LogP contribution in [0.5, 0.6) is 0 Å². The van der Waals surface area contributed by atoms with Crippen LogP contribution in [0.1, 0.15) is 88.2 Å². The van der Waals surface area contributed by atoms with E-state index in [9.17, 15) is 18.2 Å². The molecule has 0 saturated heterocycles. The smallest absolute Gasteiger partial charge is 0.312 e. The van der Waals surface area contributed by atoms with Crippen LogP contribution in [0.25, 0.3) is 0 Å². The van der Waals surface area contributed by atoms with Crippen LogP contribution in [0.2, 0.25) is 0 Å². The van der Waals surface area contributed by atoms with Crippen LogP contribution < -0.4 is 0 Å². The molecule has 0 aliphatic carbocycles. The van der Waals surface area contributed by atoms with Crippen molar-refractivity contribution in [3.05, 3.63) is 58.7 Å². The Hall–Kier alpha value is -3.08. The Morgan fingerprint density at radius 2 is 1.85 bits per heavy atom. The van der Waals surface area contributed by atoms with Gasteiger partial charge in [0.15, 0.2) is 5.78 Å². The number of aryl methyl sites for hydroxylation is 1. The fourth-order valence-electron chi connectivity index (χ4n) is 5.48. The van der Waals surface area contributed by atoms with Gasteiger partial charge in [-0.1, -0.05) is 0 Å². The normalized spacial score (nSPS) is 25.8. The highest BCUT2D eigenvalue weighted by Gasteiger charge is 2.57. The van der Waals surface area contributed by atoms with Crippen LogP contribution in [-0.4, -0.2) is 53.8 Å². The van der Waals surface area contributed by atoms with Crippen molar-refractivity contribution in [2.24, 2.45) is 9.36 Å². The van der Waals surface area contributed by atoms with Crippen molar-refractivity contribution in [2.45, 2.75) is 95.3 Å². The molecule has 0 saturated carbocycles. The molecule has 0 fully saturated rings. The molecule has 3 atom stereocenters. The van der Waals surface area contributed by atoms with Gasteiger partial charge in [-0.3, -0.25) is 19.6 Å². The van der Waals surface area contributed by atoms with Gasteiger partial charge in [0, 0.05) is 18.0 Å². The number of ketones is 1. The van der Waals surface area contributed by atoms with Gasteiger partial charge in [0.1, 0.15) is 34.2 Å². The number of halogens is 2. The van der Waals surface area contributed by atoms with Gasteiger partial charge in [0.25, 0.3) is 0 Å². The molecule has 0 spiro atoms. The number of nitrogens with zero attached hydrogens (tertiary/aromatic N) is 4. The van der Waals surface area contributed by atoms with E-state index in [2.05, 4.69) is 14.3 Å². The summed E-state index contributed by atoms with van der Waals surface area (Å²) in [4.78, 5) is 39.2. The van der Waals surface area contributed by atoms with E-state index in [1.54, 1.807) is 48.5 Å². The van der Waals surface area contributed by atoms with Gasteiger partial charge >= 0.3 is 5.97 Å². The Bertz CT molecular complexity index is 1520. The van der Waals surface area contributed by atoms with Crippen LogP contribution in [0, 0.1) is 18.6 Å². The molecule has 2 aliphatic heterocycles. The Balaban J connectivity index is 1.81. The molecule has 0 N–H and O–H groups in total. The Kier molecular flexibility index (Phi) is 7.77. The predicted molar refractivity (Wildman–Crippen MR) is 149 cm³/mol. The topological polar surface area (TPSA) is 111 Å². The first-order valence-electron chi connectivity index (χ1n) is 13.3. The number of hydrogen-bond acceptors (Lipinski definition) is 8. The number of aromatic nitrogens is 2. The summed E-state index contributed by atoms with van der Waals surface area (Å²) in [6, 6.07) is 3.84. The first-order valence-corrected chi connectivity index (χ1v) is 14.9. The van der Waals surface area contributed by atoms with Crippen molar-refractivity contribution in [1.82, 2.24) is 9.97 Å². The fraction of sp³-hybridized carbons (Fsp3) is 0.552. The van der Waals surface area contributed by atoms with E-state index in [0.29, 0.717) is 30.7 Å². The van der Waals surface area contributed by atoms with E-state index in [1.165, 1.54) is 18.2 Å². The minimum atomic E-state index is -3.04. The number of aliphatic imine (C=N–C) groups is 1. The van der Waals surface area contributed by atoms with Crippen molar-refractivity contribution in [1.29, 1.82) is 0 Å². The second-order valence-electron chi connectivity index (χ2n) is 12.1. The van der Waals surface area contributed by atoms with E-state index in [-0.39, 0.29) is 29.9 Å². The summed E-state index contributed by atoms with van der Waals surface area (Å²) in [6.45, 7) is 12.4. The Labute approximate surface area is 234 Å². The van der Waals surface area contributed by atoms with Crippen molar-refractivity contribution in [3.8, 4) is 0 Å². The molecule has 0 bridgehead atoms. The monoisotopic (exact) mass is 574 g/mol. The average Bonchev–Trinajstić information content (AvgIpc) is 2.83. The van der Waals surface area contributed by atoms with Gasteiger partial charge in [-0.05, 0) is 85.1 Å². The largest absolute Gasteiger partial charge is 0.460 e. The predicted octanol–water partition coefficient (Wildman–Crippen LogP) is 5.30. The number of pyridine rings is 2. The molecule has 8 nitrogen and oxygen atoms in total. The number of esters is 1. The van der Waals surface area contributed by atoms with Gasteiger partial charge in [-0.15, -0.1) is 0 Å². The van der Waals surface area contributed by atoms with Crippen molar-refractivity contribution >= 4 is 27.2 Å². The minimum Gasteiger partial charge on any atom is -0.460 e. The zero-order chi connectivity index (χ0) is 29.7. The summed E-state index contributed by atoms with van der Waals surface area (Å²) in [6.07, 6.45) is 1.67. The van der Waals surface area contributed by atoms with Crippen molar-refractivity contribution in [3.63, 3.8) is 0 Å². The van der Waals surface area contributed by atoms with Crippen LogP contribution >= 0.6 is 0 Å².